The van der Waals surface area contributed by atoms with Gasteiger partial charge >= 0.3 is 6.03 Å². The zero-order chi connectivity index (χ0) is 23.0. The van der Waals surface area contributed by atoms with E-state index < -0.39 is 11.6 Å². The largest absolute Gasteiger partial charge is 0.349 e. The lowest BCUT2D eigenvalue weighted by Gasteiger charge is -2.42. The van der Waals surface area contributed by atoms with Gasteiger partial charge in [-0.3, -0.25) is 14.5 Å². The van der Waals surface area contributed by atoms with Crippen LogP contribution in [0.15, 0.2) is 42.7 Å². The second kappa shape index (κ2) is 8.74. The highest BCUT2D eigenvalue weighted by molar-refractivity contribution is 6.30. The highest BCUT2D eigenvalue weighted by Gasteiger charge is 2.60. The second-order valence-electron chi connectivity index (χ2n) is 9.26. The fraction of sp³-hybridized carbons (Fsp3) is 0.458. The van der Waals surface area contributed by atoms with Crippen molar-refractivity contribution in [1.29, 1.82) is 0 Å². The number of imide groups is 1. The summed E-state index contributed by atoms with van der Waals surface area (Å²) in [6.45, 7) is 0.0165. The number of nitrogens with zero attached hydrogens (tertiary/aromatic N) is 3. The lowest BCUT2D eigenvalue weighted by Crippen LogP contribution is -2.60. The van der Waals surface area contributed by atoms with E-state index >= 15 is 0 Å². The Kier molecular flexibility index (Phi) is 5.78. The summed E-state index contributed by atoms with van der Waals surface area (Å²) in [5.41, 5.74) is 0.00309. The molecule has 1 aromatic carbocycles. The van der Waals surface area contributed by atoms with Crippen LogP contribution in [0.2, 0.25) is 5.02 Å². The van der Waals surface area contributed by atoms with Crippen LogP contribution in [0.4, 0.5) is 4.79 Å². The maximum atomic E-state index is 13.1. The smallest absolute Gasteiger partial charge is 0.325 e. The molecule has 4 amide bonds. The van der Waals surface area contributed by atoms with Gasteiger partial charge in [0.1, 0.15) is 11.4 Å². The van der Waals surface area contributed by atoms with Gasteiger partial charge in [-0.2, -0.15) is 0 Å². The van der Waals surface area contributed by atoms with E-state index in [-0.39, 0.29) is 30.3 Å². The lowest BCUT2D eigenvalue weighted by molar-refractivity contribution is -0.141. The van der Waals surface area contributed by atoms with E-state index in [1.165, 1.54) is 0 Å². The van der Waals surface area contributed by atoms with Crippen molar-refractivity contribution in [2.75, 3.05) is 0 Å². The first-order valence-electron chi connectivity index (χ1n) is 11.4. The Labute approximate surface area is 197 Å². The van der Waals surface area contributed by atoms with Crippen molar-refractivity contribution in [3.8, 4) is 0 Å². The molecule has 0 bridgehead atoms. The minimum atomic E-state index is -1.01. The Morgan fingerprint density at radius 1 is 1.18 bits per heavy atom. The number of urea groups is 1. The molecule has 2 aliphatic carbocycles. The van der Waals surface area contributed by atoms with E-state index in [1.54, 1.807) is 18.5 Å². The predicted molar refractivity (Wildman–Crippen MR) is 121 cm³/mol. The van der Waals surface area contributed by atoms with Crippen LogP contribution in [0.25, 0.3) is 0 Å². The number of nitrogens with one attached hydrogen (secondary N) is 2. The molecular formula is C24H26ClN5O3. The zero-order valence-electron chi connectivity index (χ0n) is 18.2. The second-order valence-corrected chi connectivity index (χ2v) is 9.70. The zero-order valence-corrected chi connectivity index (χ0v) is 18.9. The van der Waals surface area contributed by atoms with Gasteiger partial charge in [-0.25, -0.2) is 14.8 Å². The number of carbonyl (C=O) groups is 3. The summed E-state index contributed by atoms with van der Waals surface area (Å²) in [6, 6.07) is 8.76. The fourth-order valence-corrected chi connectivity index (χ4v) is 5.55. The molecule has 1 spiro atoms. The van der Waals surface area contributed by atoms with Crippen LogP contribution in [0, 0.1) is 11.8 Å². The van der Waals surface area contributed by atoms with Crippen molar-refractivity contribution in [3.63, 3.8) is 0 Å². The van der Waals surface area contributed by atoms with Gasteiger partial charge in [-0.1, -0.05) is 36.6 Å². The Bertz CT molecular complexity index is 1070. The average molecular weight is 468 g/mol. The van der Waals surface area contributed by atoms with Crippen LogP contribution in [0.1, 0.15) is 56.0 Å². The van der Waals surface area contributed by atoms with E-state index in [2.05, 4.69) is 20.6 Å². The van der Waals surface area contributed by atoms with E-state index in [4.69, 9.17) is 11.6 Å². The molecule has 33 heavy (non-hydrogen) atoms. The van der Waals surface area contributed by atoms with Crippen LogP contribution in [0.3, 0.4) is 0 Å². The van der Waals surface area contributed by atoms with E-state index in [0.717, 1.165) is 36.1 Å². The number of benzene rings is 1. The molecule has 9 heteroatoms. The molecule has 1 unspecified atom stereocenters. The van der Waals surface area contributed by atoms with Gasteiger partial charge in [0, 0.05) is 23.3 Å². The molecule has 2 heterocycles. The van der Waals surface area contributed by atoms with Gasteiger partial charge in [0.15, 0.2) is 0 Å². The molecule has 172 valence electrons. The Balaban J connectivity index is 1.25. The van der Waals surface area contributed by atoms with Gasteiger partial charge < -0.3 is 10.6 Å². The number of halogens is 1. The maximum absolute atomic E-state index is 13.1. The number of aromatic nitrogens is 2. The lowest BCUT2D eigenvalue weighted by atomic mass is 9.67. The Morgan fingerprint density at radius 3 is 2.61 bits per heavy atom. The van der Waals surface area contributed by atoms with Crippen LogP contribution in [-0.2, 0) is 16.1 Å². The molecule has 2 N–H and O–H groups in total. The molecule has 1 atom stereocenters. The van der Waals surface area contributed by atoms with E-state index in [0.29, 0.717) is 29.6 Å². The molecule has 2 aromatic rings. The van der Waals surface area contributed by atoms with Crippen LogP contribution in [-0.4, -0.2) is 38.3 Å². The summed E-state index contributed by atoms with van der Waals surface area (Å²) in [5.74, 6) is 0.0454. The highest BCUT2D eigenvalue weighted by Crippen LogP contribution is 2.44. The first-order valence-corrected chi connectivity index (χ1v) is 11.8. The van der Waals surface area contributed by atoms with Crippen molar-refractivity contribution in [2.45, 2.75) is 56.7 Å². The van der Waals surface area contributed by atoms with Gasteiger partial charge in [-0.05, 0) is 55.4 Å². The Morgan fingerprint density at radius 2 is 1.91 bits per heavy atom. The molecule has 3 fully saturated rings. The van der Waals surface area contributed by atoms with Crippen molar-refractivity contribution in [2.24, 2.45) is 11.8 Å². The summed E-state index contributed by atoms with van der Waals surface area (Å²) >= 11 is 6.21. The normalized spacial score (nSPS) is 25.7. The molecule has 5 rings (SSSR count). The monoisotopic (exact) mass is 467 g/mol. The summed E-state index contributed by atoms with van der Waals surface area (Å²) in [5, 5.41) is 6.68. The van der Waals surface area contributed by atoms with Crippen LogP contribution < -0.4 is 10.6 Å². The average Bonchev–Trinajstić information content (AvgIpc) is 3.40. The predicted octanol–water partition coefficient (Wildman–Crippen LogP) is 3.38. The number of carbonyl (C=O) groups excluding carboxylic acids is 3. The Hall–Kier alpha value is -3.00. The topological polar surface area (TPSA) is 104 Å². The number of rotatable bonds is 6. The van der Waals surface area contributed by atoms with Gasteiger partial charge in [0.25, 0.3) is 5.91 Å². The number of amides is 4. The molecule has 0 radical (unpaired) electrons. The van der Waals surface area contributed by atoms with Gasteiger partial charge in [0.05, 0.1) is 12.6 Å². The maximum Gasteiger partial charge on any atom is 0.325 e. The molecule has 8 nitrogen and oxygen atoms in total. The number of hydrogen-bond acceptors (Lipinski definition) is 5. The highest BCUT2D eigenvalue weighted by atomic mass is 35.5. The molecular weight excluding hydrogens is 442 g/mol. The minimum Gasteiger partial charge on any atom is -0.349 e. The van der Waals surface area contributed by atoms with Gasteiger partial charge in [-0.15, -0.1) is 0 Å². The van der Waals surface area contributed by atoms with Crippen molar-refractivity contribution in [3.05, 3.63) is 59.1 Å². The van der Waals surface area contributed by atoms with Crippen molar-refractivity contribution >= 4 is 29.4 Å². The summed E-state index contributed by atoms with van der Waals surface area (Å²) in [7, 11) is 0. The molecule has 2 saturated carbocycles. The first-order chi connectivity index (χ1) is 15.9. The number of hydrogen-bond donors (Lipinski definition) is 2. The molecule has 1 aliphatic heterocycles. The van der Waals surface area contributed by atoms with Crippen LogP contribution in [0.5, 0.6) is 0 Å². The quantitative estimate of drug-likeness (QED) is 0.634. The third-order valence-corrected chi connectivity index (χ3v) is 7.34. The molecule has 1 saturated heterocycles. The third kappa shape index (κ3) is 4.19. The van der Waals surface area contributed by atoms with E-state index in [1.807, 2.05) is 24.3 Å². The first kappa shape index (κ1) is 21.8. The minimum absolute atomic E-state index is 0.0165. The van der Waals surface area contributed by atoms with Crippen LogP contribution >= 0.6 is 11.6 Å². The molecule has 1 aromatic heterocycles. The third-order valence-electron chi connectivity index (χ3n) is 7.10. The van der Waals surface area contributed by atoms with Crippen molar-refractivity contribution in [1.82, 2.24) is 25.5 Å². The van der Waals surface area contributed by atoms with Gasteiger partial charge in [0.2, 0.25) is 5.91 Å². The summed E-state index contributed by atoms with van der Waals surface area (Å²) < 4.78 is 0. The SMILES string of the molecule is O=C(NC(c1cccc(Cl)c1)C1CCCC1)C1CC2(C1)NC(=O)N(Cc1ncccn1)C2=O. The summed E-state index contributed by atoms with van der Waals surface area (Å²) in [6.07, 6.45) is 8.18. The van der Waals surface area contributed by atoms with Crippen molar-refractivity contribution < 1.29 is 14.4 Å². The van der Waals surface area contributed by atoms with E-state index in [9.17, 15) is 14.4 Å². The summed E-state index contributed by atoms with van der Waals surface area (Å²) in [4.78, 5) is 48.0. The fourth-order valence-electron chi connectivity index (χ4n) is 5.35. The standard InChI is InChI=1S/C24H26ClN5O3/c25-18-8-3-7-16(11-18)20(15-5-1-2-6-15)28-21(31)17-12-24(13-17)22(32)30(23(33)29-24)14-19-26-9-4-10-27-19/h3-4,7-11,15,17,20H,1-2,5-6,12-14H2,(H,28,31)(H,29,33). The molecule has 3 aliphatic rings.